The van der Waals surface area contributed by atoms with Gasteiger partial charge < -0.3 is 5.32 Å². The molecule has 0 spiro atoms. The lowest BCUT2D eigenvalue weighted by Gasteiger charge is -2.09. The van der Waals surface area contributed by atoms with Crippen LogP contribution in [0.15, 0.2) is 53.7 Å². The minimum absolute atomic E-state index is 0.0983. The highest BCUT2D eigenvalue weighted by molar-refractivity contribution is 7.98. The number of nitrogens with zero attached hydrogens (tertiary/aromatic N) is 2. The fourth-order valence-electron chi connectivity index (χ4n) is 2.81. The summed E-state index contributed by atoms with van der Waals surface area (Å²) in [5.74, 6) is 0.667. The molecule has 0 saturated carbocycles. The monoisotopic (exact) mass is 377 g/mol. The van der Waals surface area contributed by atoms with Gasteiger partial charge in [-0.3, -0.25) is 4.79 Å². The maximum Gasteiger partial charge on any atom is 0.255 e. The second-order valence-corrected chi connectivity index (χ2v) is 7.63. The van der Waals surface area contributed by atoms with Crippen LogP contribution in [-0.4, -0.2) is 15.9 Å². The first-order valence-electron chi connectivity index (χ1n) is 8.83. The van der Waals surface area contributed by atoms with E-state index in [2.05, 4.69) is 21.4 Å². The highest BCUT2D eigenvalue weighted by atomic mass is 32.2. The number of aryl methyl sites for hydroxylation is 4. The molecule has 1 N–H and O–H groups in total. The van der Waals surface area contributed by atoms with Crippen LogP contribution < -0.4 is 5.32 Å². The highest BCUT2D eigenvalue weighted by Gasteiger charge is 2.08. The summed E-state index contributed by atoms with van der Waals surface area (Å²) in [4.78, 5) is 21.4. The number of benzene rings is 2. The van der Waals surface area contributed by atoms with Gasteiger partial charge in [-0.1, -0.05) is 41.6 Å². The summed E-state index contributed by atoms with van der Waals surface area (Å²) in [6.07, 6.45) is 0. The number of aromatic nitrogens is 2. The lowest BCUT2D eigenvalue weighted by Crippen LogP contribution is -2.12. The van der Waals surface area contributed by atoms with Crippen LogP contribution in [0.4, 0.5) is 5.69 Å². The normalized spacial score (nSPS) is 10.7. The molecule has 0 aliphatic rings. The summed E-state index contributed by atoms with van der Waals surface area (Å²) in [7, 11) is 0. The lowest BCUT2D eigenvalue weighted by molar-refractivity contribution is 0.102. The summed E-state index contributed by atoms with van der Waals surface area (Å²) < 4.78 is 0. The Hall–Kier alpha value is -2.66. The van der Waals surface area contributed by atoms with Crippen molar-refractivity contribution >= 4 is 23.4 Å². The molecule has 4 nitrogen and oxygen atoms in total. The van der Waals surface area contributed by atoms with Crippen molar-refractivity contribution in [3.63, 3.8) is 0 Å². The van der Waals surface area contributed by atoms with E-state index in [1.54, 1.807) is 11.8 Å². The molecular formula is C22H23N3OS. The van der Waals surface area contributed by atoms with Gasteiger partial charge in [0.15, 0.2) is 5.16 Å². The van der Waals surface area contributed by atoms with Crippen LogP contribution in [0.1, 0.15) is 38.4 Å². The third-order valence-corrected chi connectivity index (χ3v) is 5.09. The Morgan fingerprint density at radius 2 is 1.59 bits per heavy atom. The van der Waals surface area contributed by atoms with Crippen LogP contribution >= 0.6 is 11.8 Å². The molecule has 0 saturated heterocycles. The average molecular weight is 378 g/mol. The summed E-state index contributed by atoms with van der Waals surface area (Å²) in [5.41, 5.74) is 6.81. The standard InChI is InChI=1S/C22H23N3OS/c1-14-5-10-20(15(2)11-14)25-21(26)19-8-6-18(7-9-19)13-27-22-23-16(3)12-17(4)24-22/h5-12H,13H2,1-4H3,(H,25,26). The molecule has 0 atom stereocenters. The van der Waals surface area contributed by atoms with Crippen LogP contribution in [0.2, 0.25) is 0 Å². The zero-order valence-electron chi connectivity index (χ0n) is 16.0. The molecule has 1 aromatic heterocycles. The summed E-state index contributed by atoms with van der Waals surface area (Å²) in [6.45, 7) is 7.99. The predicted molar refractivity (Wildman–Crippen MR) is 111 cm³/mol. The number of hydrogen-bond acceptors (Lipinski definition) is 4. The van der Waals surface area contributed by atoms with E-state index in [1.807, 2.05) is 70.2 Å². The SMILES string of the molecule is Cc1ccc(NC(=O)c2ccc(CSc3nc(C)cc(C)n3)cc2)c(C)c1. The van der Waals surface area contributed by atoms with Crippen molar-refractivity contribution < 1.29 is 4.79 Å². The molecule has 5 heteroatoms. The Labute approximate surface area is 164 Å². The number of rotatable bonds is 5. The Morgan fingerprint density at radius 3 is 2.22 bits per heavy atom. The highest BCUT2D eigenvalue weighted by Crippen LogP contribution is 2.21. The van der Waals surface area contributed by atoms with Crippen molar-refractivity contribution in [2.45, 2.75) is 38.6 Å². The molecule has 3 aromatic rings. The molecule has 0 unspecified atom stereocenters. The van der Waals surface area contributed by atoms with Gasteiger partial charge in [-0.25, -0.2) is 9.97 Å². The minimum Gasteiger partial charge on any atom is -0.322 e. The third-order valence-electron chi connectivity index (χ3n) is 4.18. The van der Waals surface area contributed by atoms with E-state index >= 15 is 0 Å². The molecule has 0 bridgehead atoms. The van der Waals surface area contributed by atoms with Gasteiger partial charge in [0.25, 0.3) is 5.91 Å². The van der Waals surface area contributed by atoms with E-state index in [0.717, 1.165) is 39.1 Å². The average Bonchev–Trinajstić information content (AvgIpc) is 2.62. The zero-order valence-corrected chi connectivity index (χ0v) is 16.9. The maximum atomic E-state index is 12.5. The van der Waals surface area contributed by atoms with Gasteiger partial charge in [-0.15, -0.1) is 0 Å². The second-order valence-electron chi connectivity index (χ2n) is 6.69. The number of carbonyl (C=O) groups excluding carboxylic acids is 1. The number of carbonyl (C=O) groups is 1. The molecule has 0 aliphatic heterocycles. The number of hydrogen-bond donors (Lipinski definition) is 1. The molecule has 138 valence electrons. The van der Waals surface area contributed by atoms with Crippen molar-refractivity contribution in [2.75, 3.05) is 5.32 Å². The Morgan fingerprint density at radius 1 is 0.926 bits per heavy atom. The lowest BCUT2D eigenvalue weighted by atomic mass is 10.1. The van der Waals surface area contributed by atoms with Crippen LogP contribution in [0.25, 0.3) is 0 Å². The van der Waals surface area contributed by atoms with Crippen molar-refractivity contribution in [2.24, 2.45) is 0 Å². The zero-order chi connectivity index (χ0) is 19.4. The van der Waals surface area contributed by atoms with Gasteiger partial charge in [0.2, 0.25) is 0 Å². The van der Waals surface area contributed by atoms with Gasteiger partial charge in [-0.2, -0.15) is 0 Å². The number of amides is 1. The van der Waals surface area contributed by atoms with Crippen molar-refractivity contribution in [1.82, 2.24) is 9.97 Å². The van der Waals surface area contributed by atoms with Gasteiger partial charge in [0.1, 0.15) is 0 Å². The number of thioether (sulfide) groups is 1. The Bertz CT molecular complexity index is 948. The smallest absolute Gasteiger partial charge is 0.255 e. The quantitative estimate of drug-likeness (QED) is 0.487. The first-order valence-corrected chi connectivity index (χ1v) is 9.82. The van der Waals surface area contributed by atoms with Crippen LogP contribution in [-0.2, 0) is 5.75 Å². The second kappa shape index (κ2) is 8.35. The predicted octanol–water partition coefficient (Wildman–Crippen LogP) is 5.25. The fourth-order valence-corrected chi connectivity index (χ4v) is 3.71. The molecule has 0 radical (unpaired) electrons. The molecule has 1 heterocycles. The number of anilines is 1. The molecular weight excluding hydrogens is 354 g/mol. The van der Waals surface area contributed by atoms with Crippen LogP contribution in [0.5, 0.6) is 0 Å². The summed E-state index contributed by atoms with van der Waals surface area (Å²) >= 11 is 1.60. The Kier molecular flexibility index (Phi) is 5.91. The van der Waals surface area contributed by atoms with E-state index in [-0.39, 0.29) is 5.91 Å². The van der Waals surface area contributed by atoms with E-state index in [1.165, 1.54) is 5.56 Å². The summed E-state index contributed by atoms with van der Waals surface area (Å²) in [5, 5.41) is 3.76. The number of nitrogens with one attached hydrogen (secondary N) is 1. The minimum atomic E-state index is -0.0983. The molecule has 0 aliphatic carbocycles. The van der Waals surface area contributed by atoms with E-state index < -0.39 is 0 Å². The van der Waals surface area contributed by atoms with E-state index in [0.29, 0.717) is 5.56 Å². The largest absolute Gasteiger partial charge is 0.322 e. The molecule has 27 heavy (non-hydrogen) atoms. The van der Waals surface area contributed by atoms with Crippen molar-refractivity contribution in [3.8, 4) is 0 Å². The first-order chi connectivity index (χ1) is 12.9. The van der Waals surface area contributed by atoms with Crippen LogP contribution in [0, 0.1) is 27.7 Å². The fraction of sp³-hybridized carbons (Fsp3) is 0.227. The van der Waals surface area contributed by atoms with Crippen LogP contribution in [0.3, 0.4) is 0 Å². The molecule has 3 rings (SSSR count). The molecule has 2 aromatic carbocycles. The van der Waals surface area contributed by atoms with Crippen molar-refractivity contribution in [3.05, 3.63) is 82.2 Å². The topological polar surface area (TPSA) is 54.9 Å². The van der Waals surface area contributed by atoms with E-state index in [9.17, 15) is 4.79 Å². The van der Waals surface area contributed by atoms with Gasteiger partial charge >= 0.3 is 0 Å². The van der Waals surface area contributed by atoms with Crippen molar-refractivity contribution in [1.29, 1.82) is 0 Å². The van der Waals surface area contributed by atoms with Gasteiger partial charge in [-0.05, 0) is 63.1 Å². The molecule has 1 amide bonds. The summed E-state index contributed by atoms with van der Waals surface area (Å²) in [6, 6.07) is 15.6. The van der Waals surface area contributed by atoms with Gasteiger partial charge in [0, 0.05) is 28.4 Å². The van der Waals surface area contributed by atoms with Gasteiger partial charge in [0.05, 0.1) is 0 Å². The first kappa shape index (κ1) is 19.1. The Balaban J connectivity index is 1.63. The molecule has 0 fully saturated rings. The third kappa shape index (κ3) is 5.17. The maximum absolute atomic E-state index is 12.5. The van der Waals surface area contributed by atoms with E-state index in [4.69, 9.17) is 0 Å².